The lowest BCUT2D eigenvalue weighted by Crippen LogP contribution is -2.56. The molecule has 8 fully saturated rings. The molecular weight excluding hydrogens is 912 g/mol. The zero-order valence-corrected chi connectivity index (χ0v) is 44.0. The number of hydrogen-bond acceptors (Lipinski definition) is 2. The molecule has 0 amide bonds. The topological polar surface area (TPSA) is 8.17 Å². The number of benzene rings is 8. The fraction of sp³-hybridized carbons (Fsp3) is 0.343. The van der Waals surface area contributed by atoms with Crippen LogP contribution in [0.2, 0.25) is 0 Å². The van der Waals surface area contributed by atoms with Gasteiger partial charge >= 0.3 is 6.85 Å². The Morgan fingerprint density at radius 3 is 1.80 bits per heavy atom. The van der Waals surface area contributed by atoms with Crippen molar-refractivity contribution in [3.05, 3.63) is 162 Å². The van der Waals surface area contributed by atoms with Gasteiger partial charge in [0.15, 0.2) is 0 Å². The van der Waals surface area contributed by atoms with E-state index in [0.29, 0.717) is 5.41 Å². The molecule has 4 heteroatoms. The lowest BCUT2D eigenvalue weighted by molar-refractivity contribution is -0.00527. The van der Waals surface area contributed by atoms with Crippen LogP contribution in [0.5, 0.6) is 0 Å². The van der Waals surface area contributed by atoms with Crippen molar-refractivity contribution in [3.63, 3.8) is 0 Å². The molecule has 0 saturated heterocycles. The van der Waals surface area contributed by atoms with Crippen molar-refractivity contribution >= 4 is 98.9 Å². The Bertz CT molecular complexity index is 4040. The molecule has 8 saturated carbocycles. The third-order valence-electron chi connectivity index (χ3n) is 21.6. The Balaban J connectivity index is 0.989. The molecule has 2 aromatic heterocycles. The fourth-order valence-electron chi connectivity index (χ4n) is 19.3. The maximum atomic E-state index is 2.92. The maximum Gasteiger partial charge on any atom is 0.334 e. The molecule has 0 N–H and O–H groups in total. The number of thiophene rings is 1. The highest BCUT2D eigenvalue weighted by Gasteiger charge is 2.54. The molecule has 0 radical (unpaired) electrons. The van der Waals surface area contributed by atoms with Crippen LogP contribution in [-0.4, -0.2) is 11.3 Å². The summed E-state index contributed by atoms with van der Waals surface area (Å²) < 4.78 is 4.32. The summed E-state index contributed by atoms with van der Waals surface area (Å²) in [4.78, 5) is 2.78. The van der Waals surface area contributed by atoms with Crippen LogP contribution in [0.25, 0.3) is 75.7 Å². The highest BCUT2D eigenvalue weighted by Crippen LogP contribution is 2.64. The van der Waals surface area contributed by atoms with Crippen molar-refractivity contribution < 1.29 is 0 Å². The van der Waals surface area contributed by atoms with Crippen LogP contribution >= 0.6 is 11.3 Å². The van der Waals surface area contributed by atoms with Crippen molar-refractivity contribution in [3.8, 4) is 22.3 Å². The molecule has 74 heavy (non-hydrogen) atoms. The summed E-state index contributed by atoms with van der Waals surface area (Å²) >= 11 is 2.03. The minimum Gasteiger partial charge on any atom is -0.375 e. The summed E-state index contributed by atoms with van der Waals surface area (Å²) in [7, 11) is 0. The molecule has 8 aromatic carbocycles. The first-order chi connectivity index (χ1) is 36.1. The summed E-state index contributed by atoms with van der Waals surface area (Å²) in [6.45, 7) is 7.08. The van der Waals surface area contributed by atoms with Crippen LogP contribution in [0.3, 0.4) is 0 Å². The number of anilines is 3. The quantitative estimate of drug-likeness (QED) is 0.160. The molecular formula is C70H63BN2S. The van der Waals surface area contributed by atoms with Gasteiger partial charge in [-0.05, 0) is 232 Å². The SMILES string of the molecule is CC(C)(C)c1ccc(N2c3sc4c(ccc5ccccc54)c3B3c4c(cc5ccccc5c42)-c2cc(C45CC6CC(CC(C6)C4)C5)cc4c5cc(C67CC8CC(CC(C8)C6)C7)ccc5n3c24)c(-c2ccccc2)c1. The van der Waals surface area contributed by atoms with E-state index in [9.17, 15) is 0 Å². The van der Waals surface area contributed by atoms with Crippen LogP contribution < -0.4 is 15.8 Å². The van der Waals surface area contributed by atoms with Gasteiger partial charge in [-0.2, -0.15) is 0 Å². The smallest absolute Gasteiger partial charge is 0.334 e. The van der Waals surface area contributed by atoms with Gasteiger partial charge in [0, 0.05) is 43.0 Å². The Labute approximate surface area is 439 Å². The van der Waals surface area contributed by atoms with E-state index in [1.165, 1.54) is 186 Å². The van der Waals surface area contributed by atoms with Crippen LogP contribution in [0, 0.1) is 35.5 Å². The molecule has 8 bridgehead atoms. The standard InChI is InChI=1S/C70H63BN2S/c1-68(2,3)49-18-21-60(55(30-49)46-11-5-4-6-12-46)72-65-52-15-9-8-14-48(52)29-57-59-33-51(70-37-43-26-44(38-70)28-45(27-43)39-70)32-58-56-31-50(69-34-40-23-41(35-69)25-42(24-40)36-69)19-22-61(56)73(64(58)59)71(62(57)65)63-54-20-17-47-13-7-10-16-53(47)66(54)74-67(63)72/h4-22,29-33,40-45H,23-28,34-39H2,1-3H3. The number of rotatable bonds is 4. The van der Waals surface area contributed by atoms with E-state index in [0.717, 1.165) is 35.5 Å². The monoisotopic (exact) mass is 974 g/mol. The third-order valence-corrected chi connectivity index (χ3v) is 22.8. The van der Waals surface area contributed by atoms with Crippen molar-refractivity contribution in [1.29, 1.82) is 0 Å². The molecule has 2 nitrogen and oxygen atoms in total. The van der Waals surface area contributed by atoms with Crippen molar-refractivity contribution in [2.45, 2.75) is 114 Å². The Morgan fingerprint density at radius 1 is 0.486 bits per heavy atom. The fourth-order valence-corrected chi connectivity index (χ4v) is 20.7. The second-order valence-electron chi connectivity index (χ2n) is 26.9. The van der Waals surface area contributed by atoms with Crippen molar-refractivity contribution in [2.24, 2.45) is 35.5 Å². The van der Waals surface area contributed by atoms with Gasteiger partial charge in [-0.3, -0.25) is 0 Å². The largest absolute Gasteiger partial charge is 0.375 e. The first kappa shape index (κ1) is 42.2. The van der Waals surface area contributed by atoms with E-state index in [2.05, 4.69) is 176 Å². The Kier molecular flexibility index (Phi) is 8.22. The van der Waals surface area contributed by atoms with Gasteiger partial charge < -0.3 is 9.38 Å². The Hall–Kier alpha value is -6.10. The lowest BCUT2D eigenvalue weighted by Gasteiger charge is -2.57. The predicted molar refractivity (Wildman–Crippen MR) is 314 cm³/mol. The van der Waals surface area contributed by atoms with E-state index in [1.807, 2.05) is 11.3 Å². The zero-order valence-electron chi connectivity index (χ0n) is 43.2. The van der Waals surface area contributed by atoms with Crippen LogP contribution in [0.15, 0.2) is 146 Å². The molecule has 10 aromatic rings. The maximum absolute atomic E-state index is 2.92. The van der Waals surface area contributed by atoms with E-state index in [4.69, 9.17) is 0 Å². The van der Waals surface area contributed by atoms with Gasteiger partial charge in [0.05, 0.1) is 16.4 Å². The molecule has 0 unspecified atom stereocenters. The Morgan fingerprint density at radius 2 is 1.11 bits per heavy atom. The first-order valence-electron chi connectivity index (χ1n) is 28.8. The van der Waals surface area contributed by atoms with Crippen LogP contribution in [0.1, 0.15) is 115 Å². The molecule has 2 aliphatic heterocycles. The van der Waals surface area contributed by atoms with Gasteiger partial charge in [0.2, 0.25) is 0 Å². The molecule has 4 heterocycles. The first-order valence-corrected chi connectivity index (χ1v) is 29.6. The average Bonchev–Trinajstić information content (AvgIpc) is 4.13. The van der Waals surface area contributed by atoms with Gasteiger partial charge in [-0.15, -0.1) is 11.3 Å². The van der Waals surface area contributed by atoms with Crippen LogP contribution in [-0.2, 0) is 16.2 Å². The normalized spacial score (nSPS) is 27.9. The number of hydrogen-bond donors (Lipinski definition) is 0. The molecule has 0 atom stereocenters. The van der Waals surface area contributed by atoms with E-state index in [1.54, 1.807) is 11.1 Å². The molecule has 362 valence electrons. The minimum absolute atomic E-state index is 0.0100. The van der Waals surface area contributed by atoms with E-state index in [-0.39, 0.29) is 17.7 Å². The zero-order chi connectivity index (χ0) is 48.6. The summed E-state index contributed by atoms with van der Waals surface area (Å²) in [5.41, 5.74) is 19.2. The second-order valence-corrected chi connectivity index (χ2v) is 27.9. The van der Waals surface area contributed by atoms with Gasteiger partial charge in [-0.1, -0.05) is 124 Å². The predicted octanol–water partition coefficient (Wildman–Crippen LogP) is 17.6. The number of nitrogens with zero attached hydrogens (tertiary/aromatic N) is 2. The summed E-state index contributed by atoms with van der Waals surface area (Å²) in [6, 6.07) is 58.6. The highest BCUT2D eigenvalue weighted by molar-refractivity contribution is 7.26. The van der Waals surface area contributed by atoms with Crippen LogP contribution in [0.4, 0.5) is 16.4 Å². The second kappa shape index (κ2) is 14.4. The number of fused-ring (bicyclic) bond motifs is 13. The number of aromatic nitrogens is 1. The summed E-state index contributed by atoms with van der Waals surface area (Å²) in [6.07, 6.45) is 17.1. The van der Waals surface area contributed by atoms with E-state index >= 15 is 0 Å². The average molecular weight is 975 g/mol. The lowest BCUT2D eigenvalue weighted by atomic mass is 9.44. The summed E-state index contributed by atoms with van der Waals surface area (Å²) in [5, 5.41) is 11.1. The molecule has 20 rings (SSSR count). The van der Waals surface area contributed by atoms with E-state index < -0.39 is 0 Å². The minimum atomic E-state index is -0.0110. The van der Waals surface area contributed by atoms with Gasteiger partial charge in [0.1, 0.15) is 0 Å². The molecule has 8 aliphatic carbocycles. The van der Waals surface area contributed by atoms with Gasteiger partial charge in [0.25, 0.3) is 0 Å². The highest BCUT2D eigenvalue weighted by atomic mass is 32.1. The van der Waals surface area contributed by atoms with Gasteiger partial charge in [-0.25, -0.2) is 0 Å². The molecule has 0 spiro atoms. The third kappa shape index (κ3) is 5.59. The van der Waals surface area contributed by atoms with Crippen molar-refractivity contribution in [1.82, 2.24) is 4.48 Å². The molecule has 10 aliphatic rings. The van der Waals surface area contributed by atoms with Crippen molar-refractivity contribution in [2.75, 3.05) is 4.90 Å². The summed E-state index contributed by atoms with van der Waals surface area (Å²) in [5.74, 6) is 5.39.